The molecule has 2 heterocycles. The fourth-order valence-corrected chi connectivity index (χ4v) is 6.19. The average Bonchev–Trinajstić information content (AvgIpc) is 3.42. The third-order valence-corrected chi connectivity index (χ3v) is 9.26. The van der Waals surface area contributed by atoms with Crippen LogP contribution in [-0.2, 0) is 30.4 Å². The standard InChI is InChI=1S/C32H44BrFN4O7S/c1-20-26(46-19-36-20)21-5-6-22(25(15-21)45-14-13-44-12-11-43-10-9-33)17-35-28(40)24-16-23(39)18-38(24)29(41)27(31(2,3)4)37-30(42)32(34)7-8-32/h5-6,15,19,23-24,27,39H,7-14,16-18H2,1-4H3,(H,35,40)(H,37,42)/t23-,24+,27-/m1/s1. The molecule has 0 radical (unpaired) electrons. The lowest BCUT2D eigenvalue weighted by atomic mass is 9.85. The fraction of sp³-hybridized carbons (Fsp3) is 0.625. The third-order valence-electron chi connectivity index (χ3n) is 7.96. The molecule has 2 aliphatic rings. The molecular weight excluding hydrogens is 683 g/mol. The second kappa shape index (κ2) is 16.0. The minimum absolute atomic E-state index is 0.0407. The summed E-state index contributed by atoms with van der Waals surface area (Å²) < 4.78 is 31.6. The summed E-state index contributed by atoms with van der Waals surface area (Å²) in [5.41, 5.74) is 1.62. The highest BCUT2D eigenvalue weighted by molar-refractivity contribution is 9.09. The molecule has 4 rings (SSSR count). The van der Waals surface area contributed by atoms with Crippen LogP contribution in [0, 0.1) is 12.3 Å². The number of rotatable bonds is 16. The smallest absolute Gasteiger partial charge is 0.258 e. The van der Waals surface area contributed by atoms with E-state index in [1.54, 1.807) is 26.3 Å². The number of ether oxygens (including phenoxy) is 3. The number of aromatic nitrogens is 1. The number of nitrogens with zero attached hydrogens (tertiary/aromatic N) is 2. The summed E-state index contributed by atoms with van der Waals surface area (Å²) in [5, 5.41) is 16.7. The van der Waals surface area contributed by atoms with Crippen molar-refractivity contribution in [2.24, 2.45) is 5.41 Å². The van der Waals surface area contributed by atoms with Crippen LogP contribution in [0.5, 0.6) is 5.75 Å². The summed E-state index contributed by atoms with van der Waals surface area (Å²) in [6.45, 7) is 9.42. The number of alkyl halides is 2. The van der Waals surface area contributed by atoms with Gasteiger partial charge in [-0.2, -0.15) is 0 Å². The number of benzene rings is 1. The van der Waals surface area contributed by atoms with Crippen LogP contribution >= 0.6 is 27.3 Å². The van der Waals surface area contributed by atoms with Crippen LogP contribution in [0.1, 0.15) is 51.3 Å². The summed E-state index contributed by atoms with van der Waals surface area (Å²) >= 11 is 4.83. The predicted molar refractivity (Wildman–Crippen MR) is 176 cm³/mol. The molecule has 3 atom stereocenters. The Bertz CT molecular complexity index is 1370. The van der Waals surface area contributed by atoms with E-state index in [0.29, 0.717) is 37.7 Å². The molecule has 1 saturated heterocycles. The Kier molecular flexibility index (Phi) is 12.6. The molecular formula is C32H44BrFN4O7S. The van der Waals surface area contributed by atoms with Crippen LogP contribution in [0.15, 0.2) is 23.7 Å². The van der Waals surface area contributed by atoms with Crippen LogP contribution in [0.3, 0.4) is 0 Å². The van der Waals surface area contributed by atoms with Gasteiger partial charge in [0.1, 0.15) is 24.4 Å². The summed E-state index contributed by atoms with van der Waals surface area (Å²) in [6.07, 6.45) is -0.641. The van der Waals surface area contributed by atoms with Crippen molar-refractivity contribution >= 4 is 45.0 Å². The van der Waals surface area contributed by atoms with Gasteiger partial charge in [-0.1, -0.05) is 48.8 Å². The average molecular weight is 728 g/mol. The lowest BCUT2D eigenvalue weighted by molar-refractivity contribution is -0.145. The Hall–Kier alpha value is -2.65. The molecule has 46 heavy (non-hydrogen) atoms. The molecule has 1 aromatic heterocycles. The van der Waals surface area contributed by atoms with Crippen LogP contribution in [0.4, 0.5) is 4.39 Å². The summed E-state index contributed by atoms with van der Waals surface area (Å²) in [4.78, 5) is 46.4. The Balaban J connectivity index is 1.43. The molecule has 254 valence electrons. The first-order valence-corrected chi connectivity index (χ1v) is 17.5. The molecule has 1 aliphatic carbocycles. The molecule has 3 N–H and O–H groups in total. The number of thiazole rings is 1. The second-order valence-electron chi connectivity index (χ2n) is 12.7. The fourth-order valence-electron chi connectivity index (χ4n) is 5.16. The van der Waals surface area contributed by atoms with Gasteiger partial charge in [0.15, 0.2) is 5.67 Å². The molecule has 14 heteroatoms. The molecule has 0 spiro atoms. The summed E-state index contributed by atoms with van der Waals surface area (Å²) in [6, 6.07) is 3.68. The number of carbonyl (C=O) groups is 3. The first-order chi connectivity index (χ1) is 21.8. The van der Waals surface area contributed by atoms with E-state index >= 15 is 0 Å². The number of amides is 3. The Morgan fingerprint density at radius 3 is 2.50 bits per heavy atom. The number of aryl methyl sites for hydroxylation is 1. The van der Waals surface area contributed by atoms with Gasteiger partial charge in [-0.15, -0.1) is 11.3 Å². The highest BCUT2D eigenvalue weighted by Gasteiger charge is 2.53. The molecule has 1 saturated carbocycles. The van der Waals surface area contributed by atoms with Gasteiger partial charge in [0.25, 0.3) is 5.91 Å². The zero-order chi connectivity index (χ0) is 33.5. The van der Waals surface area contributed by atoms with Gasteiger partial charge in [0.2, 0.25) is 11.8 Å². The number of carbonyl (C=O) groups excluding carboxylic acids is 3. The van der Waals surface area contributed by atoms with Crippen molar-refractivity contribution in [2.75, 3.05) is 44.9 Å². The van der Waals surface area contributed by atoms with Crippen LogP contribution in [0.2, 0.25) is 0 Å². The van der Waals surface area contributed by atoms with E-state index < -0.39 is 47.0 Å². The highest BCUT2D eigenvalue weighted by Crippen LogP contribution is 2.40. The van der Waals surface area contributed by atoms with E-state index in [1.165, 1.54) is 16.2 Å². The van der Waals surface area contributed by atoms with E-state index in [0.717, 1.165) is 21.5 Å². The number of nitrogens with one attached hydrogen (secondary N) is 2. The van der Waals surface area contributed by atoms with Crippen molar-refractivity contribution < 1.29 is 38.1 Å². The van der Waals surface area contributed by atoms with Crippen LogP contribution < -0.4 is 15.4 Å². The van der Waals surface area contributed by atoms with Gasteiger partial charge >= 0.3 is 0 Å². The quantitative estimate of drug-likeness (QED) is 0.177. The SMILES string of the molecule is Cc1ncsc1-c1ccc(CNC(=O)[C@@H]2C[C@@H](O)CN2C(=O)[C@@H](NC(=O)C2(F)CC2)C(C)(C)C)c(OCCOCCOCCBr)c1. The third kappa shape index (κ3) is 9.46. The van der Waals surface area contributed by atoms with Gasteiger partial charge < -0.3 is 34.9 Å². The van der Waals surface area contributed by atoms with Gasteiger partial charge in [0, 0.05) is 30.4 Å². The van der Waals surface area contributed by atoms with Gasteiger partial charge in [-0.25, -0.2) is 9.37 Å². The van der Waals surface area contributed by atoms with Gasteiger partial charge in [0.05, 0.1) is 48.6 Å². The van der Waals surface area contributed by atoms with E-state index in [2.05, 4.69) is 31.5 Å². The molecule has 2 aromatic rings. The number of halogens is 2. The monoisotopic (exact) mass is 726 g/mol. The summed E-state index contributed by atoms with van der Waals surface area (Å²) in [7, 11) is 0. The lowest BCUT2D eigenvalue weighted by Gasteiger charge is -2.35. The van der Waals surface area contributed by atoms with E-state index in [-0.39, 0.29) is 39.0 Å². The van der Waals surface area contributed by atoms with Crippen molar-refractivity contribution in [1.29, 1.82) is 0 Å². The van der Waals surface area contributed by atoms with E-state index in [9.17, 15) is 23.9 Å². The maximum Gasteiger partial charge on any atom is 0.258 e. The number of aliphatic hydroxyl groups is 1. The predicted octanol–water partition coefficient (Wildman–Crippen LogP) is 3.54. The molecule has 3 amide bonds. The molecule has 1 aromatic carbocycles. The number of aliphatic hydroxyl groups excluding tert-OH is 1. The van der Waals surface area contributed by atoms with Crippen molar-refractivity contribution in [3.05, 3.63) is 35.0 Å². The normalized spacial score (nSPS) is 19.5. The van der Waals surface area contributed by atoms with Crippen molar-refractivity contribution in [3.63, 3.8) is 0 Å². The zero-order valence-electron chi connectivity index (χ0n) is 26.8. The maximum absolute atomic E-state index is 14.5. The molecule has 0 unspecified atom stereocenters. The highest BCUT2D eigenvalue weighted by atomic mass is 79.9. The first-order valence-electron chi connectivity index (χ1n) is 15.5. The van der Waals surface area contributed by atoms with E-state index in [4.69, 9.17) is 14.2 Å². The minimum atomic E-state index is -1.95. The Morgan fingerprint density at radius 1 is 1.17 bits per heavy atom. The van der Waals surface area contributed by atoms with Gasteiger partial charge in [-0.3, -0.25) is 14.4 Å². The minimum Gasteiger partial charge on any atom is -0.491 e. The maximum atomic E-state index is 14.5. The number of hydrogen-bond donors (Lipinski definition) is 3. The second-order valence-corrected chi connectivity index (χ2v) is 14.4. The largest absolute Gasteiger partial charge is 0.491 e. The molecule has 2 fully saturated rings. The topological polar surface area (TPSA) is 139 Å². The number of hydrogen-bond acceptors (Lipinski definition) is 9. The molecule has 0 bridgehead atoms. The number of β-amino-alcohol motifs (C(OH)–C–C–N with tert-alkyl or cyclic N) is 1. The van der Waals surface area contributed by atoms with E-state index in [1.807, 2.05) is 25.1 Å². The van der Waals surface area contributed by atoms with Crippen molar-refractivity contribution in [1.82, 2.24) is 20.5 Å². The molecule has 11 nitrogen and oxygen atoms in total. The number of likely N-dealkylation sites (tertiary alicyclic amines) is 1. The first kappa shape index (κ1) is 36.2. The van der Waals surface area contributed by atoms with Gasteiger partial charge in [-0.05, 0) is 36.8 Å². The Labute approximate surface area is 281 Å². The van der Waals surface area contributed by atoms with Crippen molar-refractivity contribution in [3.8, 4) is 16.2 Å². The van der Waals surface area contributed by atoms with Crippen LogP contribution in [0.25, 0.3) is 10.4 Å². The Morgan fingerprint density at radius 2 is 1.87 bits per heavy atom. The lowest BCUT2D eigenvalue weighted by Crippen LogP contribution is -2.59. The van der Waals surface area contributed by atoms with Crippen LogP contribution in [-0.4, -0.2) is 101 Å². The zero-order valence-corrected chi connectivity index (χ0v) is 29.2. The van der Waals surface area contributed by atoms with Crippen molar-refractivity contribution in [2.45, 2.75) is 77.4 Å². The molecule has 1 aliphatic heterocycles. The summed E-state index contributed by atoms with van der Waals surface area (Å²) in [5.74, 6) is -1.24.